The lowest BCUT2D eigenvalue weighted by atomic mass is 10.1. The molecule has 0 saturated heterocycles. The van der Waals surface area contributed by atoms with Crippen LogP contribution in [0, 0.1) is 0 Å². The Balaban J connectivity index is 1.79. The van der Waals surface area contributed by atoms with Gasteiger partial charge in [0.1, 0.15) is 0 Å². The second kappa shape index (κ2) is 11.4. The SMILES string of the molecule is CCOC(C)O[C@H]1C=C(C/C=C/CC2=C[C@H](OC(C)OCC)CC2=O)C(=O)C1. The van der Waals surface area contributed by atoms with E-state index in [0.29, 0.717) is 38.9 Å². The summed E-state index contributed by atoms with van der Waals surface area (Å²) in [6.07, 6.45) is 8.35. The van der Waals surface area contributed by atoms with Crippen molar-refractivity contribution in [3.63, 3.8) is 0 Å². The number of hydrogen-bond donors (Lipinski definition) is 0. The van der Waals surface area contributed by atoms with Crippen LogP contribution in [0.25, 0.3) is 0 Å². The van der Waals surface area contributed by atoms with E-state index in [0.717, 1.165) is 11.1 Å². The molecule has 0 radical (unpaired) electrons. The summed E-state index contributed by atoms with van der Waals surface area (Å²) in [6.45, 7) is 8.63. The fourth-order valence-electron chi connectivity index (χ4n) is 3.38. The molecule has 0 heterocycles. The normalized spacial score (nSPS) is 24.7. The van der Waals surface area contributed by atoms with E-state index in [1.54, 1.807) is 0 Å². The maximum Gasteiger partial charge on any atom is 0.161 e. The van der Waals surface area contributed by atoms with Gasteiger partial charge in [0.05, 0.1) is 12.2 Å². The molecule has 0 amide bonds. The van der Waals surface area contributed by atoms with Gasteiger partial charge in [-0.15, -0.1) is 0 Å². The number of carbonyl (C=O) groups excluding carboxylic acids is 2. The minimum absolute atomic E-state index is 0.105. The van der Waals surface area contributed by atoms with Crippen LogP contribution in [0.1, 0.15) is 53.4 Å². The van der Waals surface area contributed by atoms with Crippen LogP contribution in [0.5, 0.6) is 0 Å². The highest BCUT2D eigenvalue weighted by Crippen LogP contribution is 2.24. The molecule has 6 heteroatoms. The third-order valence-electron chi connectivity index (χ3n) is 4.64. The van der Waals surface area contributed by atoms with E-state index < -0.39 is 0 Å². The molecule has 28 heavy (non-hydrogen) atoms. The average molecular weight is 392 g/mol. The summed E-state index contributed by atoms with van der Waals surface area (Å²) >= 11 is 0. The van der Waals surface area contributed by atoms with Crippen molar-refractivity contribution >= 4 is 11.6 Å². The topological polar surface area (TPSA) is 71.1 Å². The van der Waals surface area contributed by atoms with Crippen molar-refractivity contribution in [3.8, 4) is 0 Å². The maximum absolute atomic E-state index is 12.1. The van der Waals surface area contributed by atoms with Gasteiger partial charge >= 0.3 is 0 Å². The second-order valence-corrected chi connectivity index (χ2v) is 6.91. The Morgan fingerprint density at radius 2 is 1.25 bits per heavy atom. The van der Waals surface area contributed by atoms with Crippen LogP contribution < -0.4 is 0 Å². The number of rotatable bonds is 12. The second-order valence-electron chi connectivity index (χ2n) is 6.91. The Labute approximate surface area is 167 Å². The van der Waals surface area contributed by atoms with Gasteiger partial charge in [-0.25, -0.2) is 0 Å². The molecule has 2 rings (SSSR count). The molecular formula is C22H32O6. The van der Waals surface area contributed by atoms with E-state index in [4.69, 9.17) is 18.9 Å². The average Bonchev–Trinajstić information content (AvgIpc) is 3.14. The molecule has 0 aromatic rings. The smallest absolute Gasteiger partial charge is 0.161 e. The largest absolute Gasteiger partial charge is 0.353 e. The van der Waals surface area contributed by atoms with Crippen LogP contribution in [0.4, 0.5) is 0 Å². The maximum atomic E-state index is 12.1. The number of allylic oxidation sites excluding steroid dienone is 4. The minimum atomic E-state index is -0.324. The molecule has 4 atom stereocenters. The third kappa shape index (κ3) is 7.09. The molecule has 0 fully saturated rings. The summed E-state index contributed by atoms with van der Waals surface area (Å²) in [7, 11) is 0. The predicted molar refractivity (Wildman–Crippen MR) is 106 cm³/mol. The van der Waals surface area contributed by atoms with Crippen LogP contribution in [0.2, 0.25) is 0 Å². The zero-order valence-corrected chi connectivity index (χ0v) is 17.3. The molecule has 0 spiro atoms. The molecule has 156 valence electrons. The quantitative estimate of drug-likeness (QED) is 0.373. The van der Waals surface area contributed by atoms with Crippen LogP contribution >= 0.6 is 0 Å². The zero-order chi connectivity index (χ0) is 20.5. The lowest BCUT2D eigenvalue weighted by Crippen LogP contribution is -2.20. The first-order chi connectivity index (χ1) is 13.4. The van der Waals surface area contributed by atoms with Crippen molar-refractivity contribution in [1.29, 1.82) is 0 Å². The monoisotopic (exact) mass is 392 g/mol. The van der Waals surface area contributed by atoms with Gasteiger partial charge in [0.2, 0.25) is 0 Å². The number of Topliss-reactive ketones (excluding diaryl/α,β-unsaturated/α-hetero) is 2. The molecule has 0 bridgehead atoms. The van der Waals surface area contributed by atoms with Gasteiger partial charge in [-0.3, -0.25) is 9.59 Å². The van der Waals surface area contributed by atoms with Gasteiger partial charge < -0.3 is 18.9 Å². The van der Waals surface area contributed by atoms with Crippen LogP contribution in [0.15, 0.2) is 35.5 Å². The third-order valence-corrected chi connectivity index (χ3v) is 4.64. The van der Waals surface area contributed by atoms with Gasteiger partial charge in [-0.1, -0.05) is 12.2 Å². The van der Waals surface area contributed by atoms with Crippen molar-refractivity contribution in [1.82, 2.24) is 0 Å². The van der Waals surface area contributed by atoms with E-state index in [1.165, 1.54) is 0 Å². The van der Waals surface area contributed by atoms with Gasteiger partial charge in [-0.2, -0.15) is 0 Å². The summed E-state index contributed by atoms with van der Waals surface area (Å²) in [5.74, 6) is 0.209. The van der Waals surface area contributed by atoms with Crippen molar-refractivity contribution in [2.45, 2.75) is 78.2 Å². The molecule has 0 aliphatic heterocycles. The number of ether oxygens (including phenoxy) is 4. The summed E-state index contributed by atoms with van der Waals surface area (Å²) in [4.78, 5) is 24.2. The standard InChI is InChI=1S/C22H32O6/c1-5-25-15(3)27-19-11-17(21(23)13-19)9-7-8-10-18-12-20(14-22(18)24)28-16(4)26-6-2/h7-8,11-12,15-16,19-20H,5-6,9-10,13-14H2,1-4H3/b8-7+/t15?,16?,19-,20-/m0/s1. The van der Waals surface area contributed by atoms with E-state index >= 15 is 0 Å². The number of carbonyl (C=O) groups is 2. The van der Waals surface area contributed by atoms with Crippen molar-refractivity contribution < 1.29 is 28.5 Å². The van der Waals surface area contributed by atoms with Crippen molar-refractivity contribution in [2.24, 2.45) is 0 Å². The molecule has 0 N–H and O–H groups in total. The van der Waals surface area contributed by atoms with Crippen LogP contribution in [-0.4, -0.2) is 49.6 Å². The predicted octanol–water partition coefficient (Wildman–Crippen LogP) is 3.66. The Kier molecular flexibility index (Phi) is 9.25. The van der Waals surface area contributed by atoms with Gasteiger partial charge in [0.25, 0.3) is 0 Å². The molecule has 0 aromatic heterocycles. The lowest BCUT2D eigenvalue weighted by molar-refractivity contribution is -0.148. The van der Waals surface area contributed by atoms with Crippen molar-refractivity contribution in [2.75, 3.05) is 13.2 Å². The molecule has 2 unspecified atom stereocenters. The Bertz CT molecular complexity index is 579. The first-order valence-corrected chi connectivity index (χ1v) is 10.1. The first-order valence-electron chi connectivity index (χ1n) is 10.1. The highest BCUT2D eigenvalue weighted by atomic mass is 16.7. The number of ketones is 2. The fraction of sp³-hybridized carbons (Fsp3) is 0.636. The number of hydrogen-bond acceptors (Lipinski definition) is 6. The van der Waals surface area contributed by atoms with E-state index in [9.17, 15) is 9.59 Å². The van der Waals surface area contributed by atoms with Crippen LogP contribution in [-0.2, 0) is 28.5 Å². The molecule has 2 aliphatic rings. The summed E-state index contributed by atoms with van der Waals surface area (Å²) in [6, 6.07) is 0. The molecule has 6 nitrogen and oxygen atoms in total. The molecule has 2 aliphatic carbocycles. The molecule has 0 aromatic carbocycles. The van der Waals surface area contributed by atoms with E-state index in [-0.39, 0.29) is 36.4 Å². The van der Waals surface area contributed by atoms with Gasteiger partial charge in [0.15, 0.2) is 24.1 Å². The fourth-order valence-corrected chi connectivity index (χ4v) is 3.38. The zero-order valence-electron chi connectivity index (χ0n) is 17.3. The van der Waals surface area contributed by atoms with E-state index in [2.05, 4.69) is 0 Å². The van der Waals surface area contributed by atoms with Crippen molar-refractivity contribution in [3.05, 3.63) is 35.5 Å². The van der Waals surface area contributed by atoms with Gasteiger partial charge in [0, 0.05) is 26.1 Å². The summed E-state index contributed by atoms with van der Waals surface area (Å²) in [5.41, 5.74) is 1.51. The minimum Gasteiger partial charge on any atom is -0.353 e. The Morgan fingerprint density at radius 1 is 0.857 bits per heavy atom. The highest BCUT2D eigenvalue weighted by molar-refractivity contribution is 5.99. The highest BCUT2D eigenvalue weighted by Gasteiger charge is 2.26. The van der Waals surface area contributed by atoms with Gasteiger partial charge in [-0.05, 0) is 63.8 Å². The Morgan fingerprint density at radius 3 is 1.61 bits per heavy atom. The Hall–Kier alpha value is -1.60. The lowest BCUT2D eigenvalue weighted by Gasteiger charge is -2.16. The first kappa shape index (κ1) is 22.7. The summed E-state index contributed by atoms with van der Waals surface area (Å²) < 4.78 is 22.1. The summed E-state index contributed by atoms with van der Waals surface area (Å²) in [5, 5.41) is 0. The van der Waals surface area contributed by atoms with Crippen LogP contribution in [0.3, 0.4) is 0 Å². The van der Waals surface area contributed by atoms with E-state index in [1.807, 2.05) is 52.0 Å². The molecular weight excluding hydrogens is 360 g/mol. The molecule has 0 saturated carbocycles.